The van der Waals surface area contributed by atoms with Crippen LogP contribution in [0.15, 0.2) is 0 Å². The lowest BCUT2D eigenvalue weighted by molar-refractivity contribution is 0.0331. The number of hydrogen-bond acceptors (Lipinski definition) is 3. The fourth-order valence-electron chi connectivity index (χ4n) is 2.93. The lowest BCUT2D eigenvalue weighted by Gasteiger charge is -2.27. The molecule has 0 aromatic carbocycles. The first-order valence-corrected chi connectivity index (χ1v) is 6.84. The SMILES string of the molecule is OC(CCCN1CCOCC1)C1CCCC1. The third-order valence-electron chi connectivity index (χ3n) is 4.02. The highest BCUT2D eigenvalue weighted by molar-refractivity contribution is 4.75. The third kappa shape index (κ3) is 3.72. The van der Waals surface area contributed by atoms with E-state index in [-0.39, 0.29) is 6.10 Å². The van der Waals surface area contributed by atoms with Gasteiger partial charge in [0.15, 0.2) is 0 Å². The zero-order valence-corrected chi connectivity index (χ0v) is 10.2. The summed E-state index contributed by atoms with van der Waals surface area (Å²) in [4.78, 5) is 2.45. The highest BCUT2D eigenvalue weighted by atomic mass is 16.5. The monoisotopic (exact) mass is 227 g/mol. The molecule has 3 heteroatoms. The van der Waals surface area contributed by atoms with E-state index in [1.54, 1.807) is 0 Å². The van der Waals surface area contributed by atoms with Crippen LogP contribution in [0.25, 0.3) is 0 Å². The van der Waals surface area contributed by atoms with Crippen LogP contribution in [0.4, 0.5) is 0 Å². The number of morpholine rings is 1. The maximum absolute atomic E-state index is 10.0. The summed E-state index contributed by atoms with van der Waals surface area (Å²) in [5.41, 5.74) is 0. The van der Waals surface area contributed by atoms with Gasteiger partial charge in [0, 0.05) is 13.1 Å². The Hall–Kier alpha value is -0.120. The van der Waals surface area contributed by atoms with E-state index < -0.39 is 0 Å². The van der Waals surface area contributed by atoms with Gasteiger partial charge in [-0.15, -0.1) is 0 Å². The molecule has 1 heterocycles. The summed E-state index contributed by atoms with van der Waals surface area (Å²) in [6, 6.07) is 0. The second kappa shape index (κ2) is 6.58. The van der Waals surface area contributed by atoms with E-state index in [4.69, 9.17) is 4.74 Å². The molecule has 2 fully saturated rings. The Balaban J connectivity index is 1.56. The van der Waals surface area contributed by atoms with E-state index in [1.165, 1.54) is 25.7 Å². The summed E-state index contributed by atoms with van der Waals surface area (Å²) in [5.74, 6) is 0.602. The summed E-state index contributed by atoms with van der Waals surface area (Å²) < 4.78 is 5.32. The predicted octanol–water partition coefficient (Wildman–Crippen LogP) is 1.65. The van der Waals surface area contributed by atoms with Gasteiger partial charge in [0.25, 0.3) is 0 Å². The van der Waals surface area contributed by atoms with Gasteiger partial charge in [-0.05, 0) is 38.1 Å². The first-order chi connectivity index (χ1) is 7.86. The van der Waals surface area contributed by atoms with Gasteiger partial charge in [-0.1, -0.05) is 12.8 Å². The minimum Gasteiger partial charge on any atom is -0.393 e. The van der Waals surface area contributed by atoms with Crippen molar-refractivity contribution >= 4 is 0 Å². The smallest absolute Gasteiger partial charge is 0.0594 e. The minimum atomic E-state index is -0.0384. The second-order valence-corrected chi connectivity index (χ2v) is 5.21. The van der Waals surface area contributed by atoms with Gasteiger partial charge in [-0.25, -0.2) is 0 Å². The Morgan fingerprint density at radius 2 is 1.88 bits per heavy atom. The van der Waals surface area contributed by atoms with Crippen molar-refractivity contribution in [3.63, 3.8) is 0 Å². The Labute approximate surface area is 98.8 Å². The molecule has 0 aromatic rings. The van der Waals surface area contributed by atoms with Gasteiger partial charge in [0.2, 0.25) is 0 Å². The lowest BCUT2D eigenvalue weighted by Crippen LogP contribution is -2.37. The topological polar surface area (TPSA) is 32.7 Å². The summed E-state index contributed by atoms with van der Waals surface area (Å²) in [5, 5.41) is 10.0. The van der Waals surface area contributed by atoms with Crippen LogP contribution in [0.5, 0.6) is 0 Å². The Morgan fingerprint density at radius 1 is 1.19 bits per heavy atom. The Bertz CT molecular complexity index is 186. The van der Waals surface area contributed by atoms with E-state index in [2.05, 4.69) is 4.90 Å². The molecular formula is C13H25NO2. The van der Waals surface area contributed by atoms with Crippen LogP contribution in [0.3, 0.4) is 0 Å². The van der Waals surface area contributed by atoms with Crippen molar-refractivity contribution in [3.05, 3.63) is 0 Å². The van der Waals surface area contributed by atoms with Gasteiger partial charge < -0.3 is 9.84 Å². The normalized spacial score (nSPS) is 26.1. The van der Waals surface area contributed by atoms with Crippen molar-refractivity contribution in [2.45, 2.75) is 44.6 Å². The first-order valence-electron chi connectivity index (χ1n) is 6.84. The van der Waals surface area contributed by atoms with E-state index in [0.29, 0.717) is 5.92 Å². The Morgan fingerprint density at radius 3 is 2.56 bits per heavy atom. The predicted molar refractivity (Wildman–Crippen MR) is 64.5 cm³/mol. The molecular weight excluding hydrogens is 202 g/mol. The van der Waals surface area contributed by atoms with Gasteiger partial charge in [0.05, 0.1) is 19.3 Å². The van der Waals surface area contributed by atoms with Crippen LogP contribution >= 0.6 is 0 Å². The largest absolute Gasteiger partial charge is 0.393 e. The Kier molecular flexibility index (Phi) is 5.07. The summed E-state index contributed by atoms with van der Waals surface area (Å²) in [6.07, 6.45) is 7.23. The number of aliphatic hydroxyl groups is 1. The fourth-order valence-corrected chi connectivity index (χ4v) is 2.93. The van der Waals surface area contributed by atoms with E-state index in [9.17, 15) is 5.11 Å². The summed E-state index contributed by atoms with van der Waals surface area (Å²) >= 11 is 0. The van der Waals surface area contributed by atoms with Crippen molar-refractivity contribution in [2.75, 3.05) is 32.8 Å². The number of hydrogen-bond donors (Lipinski definition) is 1. The number of rotatable bonds is 5. The summed E-state index contributed by atoms with van der Waals surface area (Å²) in [6.45, 7) is 5.03. The number of ether oxygens (including phenoxy) is 1. The maximum Gasteiger partial charge on any atom is 0.0594 e. The minimum absolute atomic E-state index is 0.0384. The summed E-state index contributed by atoms with van der Waals surface area (Å²) in [7, 11) is 0. The molecule has 1 saturated carbocycles. The van der Waals surface area contributed by atoms with Crippen LogP contribution in [0.2, 0.25) is 0 Å². The number of aliphatic hydroxyl groups excluding tert-OH is 1. The van der Waals surface area contributed by atoms with Crippen molar-refractivity contribution in [1.29, 1.82) is 0 Å². The molecule has 3 nitrogen and oxygen atoms in total. The van der Waals surface area contributed by atoms with Gasteiger partial charge in [-0.3, -0.25) is 4.90 Å². The average Bonchev–Trinajstić information content (AvgIpc) is 2.84. The zero-order valence-electron chi connectivity index (χ0n) is 10.2. The van der Waals surface area contributed by atoms with Crippen LogP contribution in [0.1, 0.15) is 38.5 Å². The van der Waals surface area contributed by atoms with Crippen LogP contribution in [-0.2, 0) is 4.74 Å². The lowest BCUT2D eigenvalue weighted by atomic mass is 9.97. The molecule has 94 valence electrons. The third-order valence-corrected chi connectivity index (χ3v) is 4.02. The molecule has 0 radical (unpaired) electrons. The van der Waals surface area contributed by atoms with Gasteiger partial charge in [-0.2, -0.15) is 0 Å². The quantitative estimate of drug-likeness (QED) is 0.775. The molecule has 1 atom stereocenters. The fraction of sp³-hybridized carbons (Fsp3) is 1.00. The van der Waals surface area contributed by atoms with Crippen LogP contribution in [-0.4, -0.2) is 49.0 Å². The molecule has 2 rings (SSSR count). The van der Waals surface area contributed by atoms with Crippen LogP contribution in [0, 0.1) is 5.92 Å². The van der Waals surface area contributed by atoms with E-state index in [0.717, 1.165) is 45.7 Å². The standard InChI is InChI=1S/C13H25NO2/c15-13(12-4-1-2-5-12)6-3-7-14-8-10-16-11-9-14/h12-13,15H,1-11H2. The van der Waals surface area contributed by atoms with E-state index in [1.807, 2.05) is 0 Å². The molecule has 1 aliphatic heterocycles. The molecule has 1 saturated heterocycles. The van der Waals surface area contributed by atoms with Gasteiger partial charge >= 0.3 is 0 Å². The zero-order chi connectivity index (χ0) is 11.2. The van der Waals surface area contributed by atoms with Crippen molar-refractivity contribution < 1.29 is 9.84 Å². The molecule has 0 bridgehead atoms. The molecule has 1 unspecified atom stereocenters. The van der Waals surface area contributed by atoms with Gasteiger partial charge in [0.1, 0.15) is 0 Å². The van der Waals surface area contributed by atoms with Crippen molar-refractivity contribution in [1.82, 2.24) is 4.90 Å². The number of nitrogens with zero attached hydrogens (tertiary/aromatic N) is 1. The highest BCUT2D eigenvalue weighted by Crippen LogP contribution is 2.29. The second-order valence-electron chi connectivity index (χ2n) is 5.21. The highest BCUT2D eigenvalue weighted by Gasteiger charge is 2.22. The molecule has 16 heavy (non-hydrogen) atoms. The van der Waals surface area contributed by atoms with Crippen LogP contribution < -0.4 is 0 Å². The van der Waals surface area contributed by atoms with Crippen molar-refractivity contribution in [2.24, 2.45) is 5.92 Å². The molecule has 0 spiro atoms. The molecule has 1 N–H and O–H groups in total. The first kappa shape index (κ1) is 12.3. The molecule has 1 aliphatic carbocycles. The van der Waals surface area contributed by atoms with E-state index >= 15 is 0 Å². The molecule has 2 aliphatic rings. The maximum atomic E-state index is 10.0. The molecule has 0 aromatic heterocycles. The molecule has 0 amide bonds. The van der Waals surface area contributed by atoms with Crippen molar-refractivity contribution in [3.8, 4) is 0 Å². The average molecular weight is 227 g/mol.